The van der Waals surface area contributed by atoms with Crippen LogP contribution in [0.1, 0.15) is 52.1 Å². The first-order valence-corrected chi connectivity index (χ1v) is 11.1. The zero-order valence-electron chi connectivity index (χ0n) is 20.3. The van der Waals surface area contributed by atoms with Crippen molar-refractivity contribution in [1.82, 2.24) is 19.9 Å². The van der Waals surface area contributed by atoms with E-state index in [-0.39, 0.29) is 6.42 Å². The molecule has 0 aliphatic heterocycles. The SMILES string of the molecule is C=C/C(=C\C=C\F)N(C=O)C(CCCCC(O)O)=N/C=C/C(=C\C=C\C)n1cc(C(C)(C)O)nn1. The number of aliphatic hydroxyl groups excluding tert-OH is 1. The second-order valence-electron chi connectivity index (χ2n) is 7.90. The molecule has 3 N–H and O–H groups in total. The van der Waals surface area contributed by atoms with E-state index >= 15 is 0 Å². The first-order valence-electron chi connectivity index (χ1n) is 11.1. The lowest BCUT2D eigenvalue weighted by Crippen LogP contribution is -2.28. The Kier molecular flexibility index (Phi) is 13.0. The number of allylic oxidation sites excluding steroid dienone is 8. The van der Waals surface area contributed by atoms with Crippen LogP contribution in [-0.2, 0) is 10.4 Å². The maximum Gasteiger partial charge on any atom is 0.219 e. The fourth-order valence-electron chi connectivity index (χ4n) is 2.78. The molecule has 0 aromatic carbocycles. The quantitative estimate of drug-likeness (QED) is 0.0918. The molecule has 1 amide bonds. The molecule has 1 rings (SSSR count). The van der Waals surface area contributed by atoms with Gasteiger partial charge in [-0.15, -0.1) is 5.10 Å². The molecule has 0 bridgehead atoms. The highest BCUT2D eigenvalue weighted by Crippen LogP contribution is 2.18. The van der Waals surface area contributed by atoms with Crippen LogP contribution in [0.25, 0.3) is 5.70 Å². The Bertz CT molecular complexity index is 998. The third-order valence-electron chi connectivity index (χ3n) is 4.64. The molecule has 0 spiro atoms. The number of rotatable bonds is 14. The highest BCUT2D eigenvalue weighted by molar-refractivity contribution is 5.93. The molecule has 1 heterocycles. The van der Waals surface area contributed by atoms with Crippen molar-refractivity contribution in [3.8, 4) is 0 Å². The lowest BCUT2D eigenvalue weighted by Gasteiger charge is -2.20. The average Bonchev–Trinajstić information content (AvgIpc) is 3.31. The van der Waals surface area contributed by atoms with E-state index in [1.807, 2.05) is 13.0 Å². The predicted molar refractivity (Wildman–Crippen MR) is 134 cm³/mol. The fraction of sp³-hybridized carbons (Fsp3) is 0.360. The van der Waals surface area contributed by atoms with Crippen molar-refractivity contribution >= 4 is 17.9 Å². The van der Waals surface area contributed by atoms with Gasteiger partial charge < -0.3 is 15.3 Å². The summed E-state index contributed by atoms with van der Waals surface area (Å²) in [5.41, 5.74) is 0.142. The minimum absolute atomic E-state index is 0.186. The monoisotopic (exact) mass is 487 g/mol. The van der Waals surface area contributed by atoms with E-state index in [0.29, 0.717) is 54.9 Å². The van der Waals surface area contributed by atoms with Gasteiger partial charge in [0.15, 0.2) is 6.29 Å². The van der Waals surface area contributed by atoms with Crippen molar-refractivity contribution in [2.75, 3.05) is 0 Å². The van der Waals surface area contributed by atoms with Gasteiger partial charge in [0.05, 0.1) is 18.2 Å². The van der Waals surface area contributed by atoms with E-state index in [1.165, 1.54) is 27.9 Å². The van der Waals surface area contributed by atoms with E-state index in [4.69, 9.17) is 10.2 Å². The number of amides is 1. The summed E-state index contributed by atoms with van der Waals surface area (Å²) in [6.45, 7) is 8.74. The van der Waals surface area contributed by atoms with Gasteiger partial charge in [0, 0.05) is 18.3 Å². The van der Waals surface area contributed by atoms with Crippen LogP contribution in [-0.4, -0.2) is 53.7 Å². The molecule has 0 aliphatic rings. The number of carbonyl (C=O) groups is 1. The molecule has 35 heavy (non-hydrogen) atoms. The summed E-state index contributed by atoms with van der Waals surface area (Å²) in [5.74, 6) is 0.350. The summed E-state index contributed by atoms with van der Waals surface area (Å²) in [6.07, 6.45) is 15.1. The van der Waals surface area contributed by atoms with E-state index in [2.05, 4.69) is 21.9 Å². The molecular weight excluding hydrogens is 453 g/mol. The second-order valence-corrected chi connectivity index (χ2v) is 7.90. The van der Waals surface area contributed by atoms with Crippen molar-refractivity contribution in [1.29, 1.82) is 0 Å². The molecule has 0 unspecified atom stereocenters. The number of nitrogens with zero attached hydrogens (tertiary/aromatic N) is 5. The van der Waals surface area contributed by atoms with E-state index in [0.717, 1.165) is 6.08 Å². The number of hydrogen-bond acceptors (Lipinski definition) is 7. The molecule has 0 aliphatic carbocycles. The van der Waals surface area contributed by atoms with Crippen LogP contribution in [0, 0.1) is 0 Å². The summed E-state index contributed by atoms with van der Waals surface area (Å²) in [7, 11) is 0. The highest BCUT2D eigenvalue weighted by atomic mass is 19.1. The van der Waals surface area contributed by atoms with Crippen LogP contribution >= 0.6 is 0 Å². The van der Waals surface area contributed by atoms with Gasteiger partial charge in [-0.3, -0.25) is 9.69 Å². The molecule has 1 aromatic heterocycles. The van der Waals surface area contributed by atoms with Crippen molar-refractivity contribution in [3.05, 3.63) is 79.2 Å². The van der Waals surface area contributed by atoms with E-state index < -0.39 is 11.9 Å². The van der Waals surface area contributed by atoms with Crippen molar-refractivity contribution in [2.45, 2.75) is 58.3 Å². The Morgan fingerprint density at radius 2 is 2.06 bits per heavy atom. The van der Waals surface area contributed by atoms with Gasteiger partial charge in [-0.05, 0) is 70.4 Å². The molecule has 9 nitrogen and oxygen atoms in total. The Hall–Kier alpha value is -3.47. The molecule has 0 saturated carbocycles. The molecular formula is C25H34FN5O4. The standard InChI is InChI=1S/C25H34FN5O4/c1-5-7-11-21(31-18-22(28-29-31)25(3,4)35)15-17-27-23(13-8-9-14-24(33)34)30(19-32)20(6-2)12-10-16-26/h5-7,10-12,15-19,24,33-35H,2,8-9,13-14H2,1,3-4H3/b7-5+,16-10+,17-15+,20-12+,21-11+,27-23?. The van der Waals surface area contributed by atoms with Crippen LogP contribution in [0.15, 0.2) is 78.5 Å². The summed E-state index contributed by atoms with van der Waals surface area (Å²) >= 11 is 0. The Morgan fingerprint density at radius 1 is 1.31 bits per heavy atom. The van der Waals surface area contributed by atoms with Crippen LogP contribution in [0.5, 0.6) is 0 Å². The van der Waals surface area contributed by atoms with Gasteiger partial charge in [-0.1, -0.05) is 23.9 Å². The summed E-state index contributed by atoms with van der Waals surface area (Å²) in [5, 5.41) is 36.4. The Balaban J connectivity index is 3.33. The minimum Gasteiger partial charge on any atom is -0.384 e. The van der Waals surface area contributed by atoms with Gasteiger partial charge in [0.25, 0.3) is 0 Å². The summed E-state index contributed by atoms with van der Waals surface area (Å²) < 4.78 is 14.0. The van der Waals surface area contributed by atoms with Crippen LogP contribution in [0.4, 0.5) is 4.39 Å². The molecule has 0 radical (unpaired) electrons. The second kappa shape index (κ2) is 15.4. The van der Waals surface area contributed by atoms with Gasteiger partial charge in [-0.25, -0.2) is 14.1 Å². The first kappa shape index (κ1) is 29.6. The summed E-state index contributed by atoms with van der Waals surface area (Å²) in [6, 6.07) is 0. The number of aliphatic imine (C=N–C) groups is 1. The lowest BCUT2D eigenvalue weighted by atomic mass is 10.1. The summed E-state index contributed by atoms with van der Waals surface area (Å²) in [4.78, 5) is 17.6. The highest BCUT2D eigenvalue weighted by Gasteiger charge is 2.20. The smallest absolute Gasteiger partial charge is 0.219 e. The number of hydrogen-bond donors (Lipinski definition) is 3. The van der Waals surface area contributed by atoms with E-state index in [1.54, 1.807) is 38.3 Å². The number of aromatic nitrogens is 3. The van der Waals surface area contributed by atoms with Crippen molar-refractivity contribution in [2.24, 2.45) is 4.99 Å². The topological polar surface area (TPSA) is 124 Å². The third kappa shape index (κ3) is 10.6. The number of unbranched alkanes of at least 4 members (excludes halogenated alkanes) is 1. The fourth-order valence-corrected chi connectivity index (χ4v) is 2.78. The lowest BCUT2D eigenvalue weighted by molar-refractivity contribution is -0.113. The number of amidine groups is 1. The number of aliphatic hydroxyl groups is 3. The zero-order chi connectivity index (χ0) is 26.3. The van der Waals surface area contributed by atoms with Crippen LogP contribution in [0.3, 0.4) is 0 Å². The zero-order valence-corrected chi connectivity index (χ0v) is 20.3. The minimum atomic E-state index is -1.41. The Morgan fingerprint density at radius 3 is 2.60 bits per heavy atom. The van der Waals surface area contributed by atoms with Crippen molar-refractivity contribution in [3.63, 3.8) is 0 Å². The molecule has 10 heteroatoms. The molecule has 0 atom stereocenters. The maximum absolute atomic E-state index is 12.5. The third-order valence-corrected chi connectivity index (χ3v) is 4.64. The largest absolute Gasteiger partial charge is 0.384 e. The van der Waals surface area contributed by atoms with Crippen LogP contribution < -0.4 is 0 Å². The van der Waals surface area contributed by atoms with Gasteiger partial charge in [0.1, 0.15) is 17.1 Å². The molecule has 190 valence electrons. The number of carbonyl (C=O) groups excluding carboxylic acids is 1. The maximum atomic E-state index is 12.5. The van der Waals surface area contributed by atoms with Gasteiger partial charge >= 0.3 is 0 Å². The predicted octanol–water partition coefficient (Wildman–Crippen LogP) is 3.72. The molecule has 0 saturated heterocycles. The first-order chi connectivity index (χ1) is 16.7. The van der Waals surface area contributed by atoms with Gasteiger partial charge in [-0.2, -0.15) is 0 Å². The van der Waals surface area contributed by atoms with E-state index in [9.17, 15) is 14.3 Å². The molecule has 1 aromatic rings. The average molecular weight is 488 g/mol. The normalized spacial score (nSPS) is 14.1. The van der Waals surface area contributed by atoms with Crippen molar-refractivity contribution < 1.29 is 24.5 Å². The van der Waals surface area contributed by atoms with Gasteiger partial charge in [0.2, 0.25) is 6.41 Å². The van der Waals surface area contributed by atoms with Crippen LogP contribution in [0.2, 0.25) is 0 Å². The number of halogens is 1. The molecule has 0 fully saturated rings. The Labute approximate surface area is 205 Å².